The molecule has 3 rings (SSSR count). The van der Waals surface area contributed by atoms with Gasteiger partial charge < -0.3 is 10.1 Å². The molecule has 1 amide bonds. The van der Waals surface area contributed by atoms with Crippen molar-refractivity contribution in [2.24, 2.45) is 0 Å². The second kappa shape index (κ2) is 6.97. The predicted molar refractivity (Wildman–Crippen MR) is 104 cm³/mol. The molecule has 0 radical (unpaired) electrons. The third kappa shape index (κ3) is 3.25. The average molecular weight is 390 g/mol. The minimum absolute atomic E-state index is 0.160. The summed E-state index contributed by atoms with van der Waals surface area (Å²) in [4.78, 5) is 12.5. The number of nitrogens with one attached hydrogen (secondary N) is 1. The Bertz CT molecular complexity index is 1060. The lowest BCUT2D eigenvalue weighted by Crippen LogP contribution is -2.26. The normalized spacial score (nSPS) is 11.3. The van der Waals surface area contributed by atoms with Crippen molar-refractivity contribution in [2.45, 2.75) is 4.90 Å². The van der Waals surface area contributed by atoms with Crippen molar-refractivity contribution < 1.29 is 17.9 Å². The summed E-state index contributed by atoms with van der Waals surface area (Å²) in [7, 11) is 0.912. The topological polar surface area (TPSA) is 75.7 Å². The summed E-state index contributed by atoms with van der Waals surface area (Å²) < 4.78 is 32.9. The first-order valence-electron chi connectivity index (χ1n) is 7.75. The van der Waals surface area contributed by atoms with E-state index in [2.05, 4.69) is 5.32 Å². The number of thiophene rings is 1. The fourth-order valence-corrected chi connectivity index (χ4v) is 4.68. The van der Waals surface area contributed by atoms with Crippen LogP contribution in [0.4, 0.5) is 5.69 Å². The Kier molecular flexibility index (Phi) is 4.88. The van der Waals surface area contributed by atoms with Crippen LogP contribution in [-0.4, -0.2) is 35.5 Å². The average Bonchev–Trinajstić information content (AvgIpc) is 3.10. The SMILES string of the molecule is CNC(=O)c1cc2cc(N(C)S(=O)(=O)c3ccc(OC)cc3)ccc2s1. The molecule has 0 fully saturated rings. The lowest BCUT2D eigenvalue weighted by molar-refractivity contribution is 0.0967. The molecule has 0 saturated heterocycles. The molecule has 26 heavy (non-hydrogen) atoms. The van der Waals surface area contributed by atoms with E-state index in [1.807, 2.05) is 6.07 Å². The van der Waals surface area contributed by atoms with E-state index < -0.39 is 10.0 Å². The van der Waals surface area contributed by atoms with Gasteiger partial charge in [-0.25, -0.2) is 8.42 Å². The molecule has 1 N–H and O–H groups in total. The standard InChI is InChI=1S/C18H18N2O4S2/c1-19-18(21)17-11-12-10-13(4-9-16(12)25-17)20(2)26(22,23)15-7-5-14(24-3)6-8-15/h4-11H,1-3H3,(H,19,21). The first kappa shape index (κ1) is 18.2. The molecule has 6 nitrogen and oxygen atoms in total. The van der Waals surface area contributed by atoms with Crippen LogP contribution in [0, 0.1) is 0 Å². The van der Waals surface area contributed by atoms with Gasteiger partial charge >= 0.3 is 0 Å². The van der Waals surface area contributed by atoms with E-state index in [0.29, 0.717) is 16.3 Å². The summed E-state index contributed by atoms with van der Waals surface area (Å²) in [5.74, 6) is 0.431. The number of carbonyl (C=O) groups is 1. The highest BCUT2D eigenvalue weighted by Crippen LogP contribution is 2.31. The zero-order chi connectivity index (χ0) is 18.9. The van der Waals surface area contributed by atoms with Crippen LogP contribution < -0.4 is 14.4 Å². The number of hydrogen-bond donors (Lipinski definition) is 1. The Hall–Kier alpha value is -2.58. The number of ether oxygens (including phenoxy) is 1. The van der Waals surface area contributed by atoms with Crippen molar-refractivity contribution in [3.63, 3.8) is 0 Å². The summed E-state index contributed by atoms with van der Waals surface area (Å²) in [5.41, 5.74) is 0.523. The molecule has 0 aliphatic rings. The van der Waals surface area contributed by atoms with Crippen molar-refractivity contribution in [2.75, 3.05) is 25.5 Å². The number of carbonyl (C=O) groups excluding carboxylic acids is 1. The molecule has 0 saturated carbocycles. The molecule has 0 aliphatic heterocycles. The summed E-state index contributed by atoms with van der Waals surface area (Å²) in [6, 6.07) is 13.3. The number of nitrogens with zero attached hydrogens (tertiary/aromatic N) is 1. The first-order valence-corrected chi connectivity index (χ1v) is 10.0. The van der Waals surface area contributed by atoms with E-state index in [1.165, 1.54) is 41.9 Å². The van der Waals surface area contributed by atoms with E-state index in [-0.39, 0.29) is 10.8 Å². The Morgan fingerprint density at radius 2 is 1.81 bits per heavy atom. The van der Waals surface area contributed by atoms with Gasteiger partial charge in [-0.05, 0) is 53.9 Å². The van der Waals surface area contributed by atoms with Crippen LogP contribution in [0.25, 0.3) is 10.1 Å². The molecule has 136 valence electrons. The maximum atomic E-state index is 12.9. The van der Waals surface area contributed by atoms with Crippen molar-refractivity contribution in [1.82, 2.24) is 5.32 Å². The molecular formula is C18H18N2O4S2. The van der Waals surface area contributed by atoms with Gasteiger partial charge in [0.15, 0.2) is 0 Å². The smallest absolute Gasteiger partial charge is 0.264 e. The van der Waals surface area contributed by atoms with Crippen molar-refractivity contribution in [3.8, 4) is 5.75 Å². The van der Waals surface area contributed by atoms with Gasteiger partial charge in [0.1, 0.15) is 5.75 Å². The number of anilines is 1. The molecule has 3 aromatic rings. The van der Waals surface area contributed by atoms with Gasteiger partial charge in [0.2, 0.25) is 0 Å². The van der Waals surface area contributed by atoms with E-state index in [1.54, 1.807) is 37.4 Å². The monoisotopic (exact) mass is 390 g/mol. The van der Waals surface area contributed by atoms with Crippen LogP contribution in [0.2, 0.25) is 0 Å². The number of hydrogen-bond acceptors (Lipinski definition) is 5. The van der Waals surface area contributed by atoms with Crippen LogP contribution in [0.1, 0.15) is 9.67 Å². The zero-order valence-corrected chi connectivity index (χ0v) is 16.1. The van der Waals surface area contributed by atoms with Crippen LogP contribution in [0.15, 0.2) is 53.4 Å². The molecule has 8 heteroatoms. The molecule has 0 atom stereocenters. The molecule has 2 aromatic carbocycles. The minimum Gasteiger partial charge on any atom is -0.497 e. The highest BCUT2D eigenvalue weighted by Gasteiger charge is 2.22. The number of benzene rings is 2. The highest BCUT2D eigenvalue weighted by molar-refractivity contribution is 7.92. The van der Waals surface area contributed by atoms with E-state index in [9.17, 15) is 13.2 Å². The van der Waals surface area contributed by atoms with Crippen LogP contribution in [0.3, 0.4) is 0 Å². The summed E-state index contributed by atoms with van der Waals surface area (Å²) in [6.45, 7) is 0. The minimum atomic E-state index is -3.70. The number of rotatable bonds is 5. The lowest BCUT2D eigenvalue weighted by atomic mass is 10.2. The van der Waals surface area contributed by atoms with Crippen molar-refractivity contribution in [3.05, 3.63) is 53.4 Å². The zero-order valence-electron chi connectivity index (χ0n) is 14.5. The lowest BCUT2D eigenvalue weighted by Gasteiger charge is -2.19. The van der Waals surface area contributed by atoms with E-state index >= 15 is 0 Å². The molecule has 0 spiro atoms. The Balaban J connectivity index is 1.97. The fourth-order valence-electron chi connectivity index (χ4n) is 2.51. The van der Waals surface area contributed by atoms with Gasteiger partial charge in [0.25, 0.3) is 15.9 Å². The molecular weight excluding hydrogens is 372 g/mol. The Morgan fingerprint density at radius 3 is 2.42 bits per heavy atom. The predicted octanol–water partition coefficient (Wildman–Crippen LogP) is 3.09. The number of methoxy groups -OCH3 is 1. The van der Waals surface area contributed by atoms with Gasteiger partial charge in [-0.15, -0.1) is 11.3 Å². The van der Waals surface area contributed by atoms with Gasteiger partial charge in [-0.3, -0.25) is 9.10 Å². The quantitative estimate of drug-likeness (QED) is 0.726. The number of amides is 1. The fraction of sp³-hybridized carbons (Fsp3) is 0.167. The van der Waals surface area contributed by atoms with Gasteiger partial charge in [-0.2, -0.15) is 0 Å². The number of sulfonamides is 1. The Morgan fingerprint density at radius 1 is 1.12 bits per heavy atom. The van der Waals surface area contributed by atoms with E-state index in [4.69, 9.17) is 4.74 Å². The maximum Gasteiger partial charge on any atom is 0.264 e. The molecule has 1 aromatic heterocycles. The van der Waals surface area contributed by atoms with Crippen LogP contribution >= 0.6 is 11.3 Å². The van der Waals surface area contributed by atoms with Gasteiger partial charge in [-0.1, -0.05) is 0 Å². The van der Waals surface area contributed by atoms with Gasteiger partial charge in [0, 0.05) is 18.8 Å². The molecule has 0 unspecified atom stereocenters. The van der Waals surface area contributed by atoms with Gasteiger partial charge in [0.05, 0.1) is 22.6 Å². The number of fused-ring (bicyclic) bond motifs is 1. The van der Waals surface area contributed by atoms with Crippen LogP contribution in [0.5, 0.6) is 5.75 Å². The van der Waals surface area contributed by atoms with Crippen LogP contribution in [-0.2, 0) is 10.0 Å². The first-order chi connectivity index (χ1) is 12.4. The summed E-state index contributed by atoms with van der Waals surface area (Å²) in [5, 5.41) is 3.41. The second-order valence-electron chi connectivity index (χ2n) is 5.56. The highest BCUT2D eigenvalue weighted by atomic mass is 32.2. The maximum absolute atomic E-state index is 12.9. The summed E-state index contributed by atoms with van der Waals surface area (Å²) >= 11 is 1.36. The largest absolute Gasteiger partial charge is 0.497 e. The molecule has 0 aliphatic carbocycles. The van der Waals surface area contributed by atoms with E-state index in [0.717, 1.165) is 10.1 Å². The van der Waals surface area contributed by atoms with Crippen molar-refractivity contribution >= 4 is 43.0 Å². The Labute approximate surface area is 156 Å². The molecule has 1 heterocycles. The molecule has 0 bridgehead atoms. The third-order valence-corrected chi connectivity index (χ3v) is 6.95. The third-order valence-electron chi connectivity index (χ3n) is 4.03. The summed E-state index contributed by atoms with van der Waals surface area (Å²) in [6.07, 6.45) is 0. The van der Waals surface area contributed by atoms with Crippen molar-refractivity contribution in [1.29, 1.82) is 0 Å². The second-order valence-corrected chi connectivity index (χ2v) is 8.61.